The number of nitrogens with zero attached hydrogens (tertiary/aromatic N) is 4. The molecule has 0 atom stereocenters. The fourth-order valence-electron chi connectivity index (χ4n) is 3.68. The number of hydrogen-bond acceptors (Lipinski definition) is 5. The fraction of sp³-hybridized carbons (Fsp3) is 0.600. The summed E-state index contributed by atoms with van der Waals surface area (Å²) < 4.78 is 1.92. The summed E-state index contributed by atoms with van der Waals surface area (Å²) in [5.41, 5.74) is 0. The summed E-state index contributed by atoms with van der Waals surface area (Å²) in [6, 6.07) is 1.90. The SMILES string of the molecule is Cc1nc(NCCNC(=O)CCC2CCCCC2)cc(-n2ccnc2C)n1. The molecule has 1 aliphatic carbocycles. The zero-order valence-corrected chi connectivity index (χ0v) is 16.4. The van der Waals surface area contributed by atoms with Gasteiger partial charge in [-0.1, -0.05) is 32.1 Å². The molecule has 1 saturated carbocycles. The second-order valence-corrected chi connectivity index (χ2v) is 7.32. The maximum atomic E-state index is 12.0. The Balaban J connectivity index is 1.41. The predicted octanol–water partition coefficient (Wildman–Crippen LogP) is 3.17. The number of aromatic nitrogens is 4. The Morgan fingerprint density at radius 2 is 2.00 bits per heavy atom. The highest BCUT2D eigenvalue weighted by molar-refractivity contribution is 5.75. The van der Waals surface area contributed by atoms with Crippen LogP contribution in [0, 0.1) is 19.8 Å². The number of anilines is 1. The van der Waals surface area contributed by atoms with Crippen LogP contribution < -0.4 is 10.6 Å². The van der Waals surface area contributed by atoms with Crippen LogP contribution in [0.2, 0.25) is 0 Å². The molecule has 0 saturated heterocycles. The van der Waals surface area contributed by atoms with Crippen molar-refractivity contribution in [3.63, 3.8) is 0 Å². The quantitative estimate of drug-likeness (QED) is 0.697. The number of amides is 1. The average Bonchev–Trinajstić information content (AvgIpc) is 3.10. The van der Waals surface area contributed by atoms with Gasteiger partial charge in [0, 0.05) is 38.0 Å². The second kappa shape index (κ2) is 9.48. The van der Waals surface area contributed by atoms with Crippen molar-refractivity contribution in [1.29, 1.82) is 0 Å². The Morgan fingerprint density at radius 3 is 2.74 bits per heavy atom. The van der Waals surface area contributed by atoms with Crippen molar-refractivity contribution < 1.29 is 4.79 Å². The summed E-state index contributed by atoms with van der Waals surface area (Å²) in [4.78, 5) is 25.1. The monoisotopic (exact) mass is 370 g/mol. The van der Waals surface area contributed by atoms with E-state index in [0.29, 0.717) is 25.3 Å². The van der Waals surface area contributed by atoms with Crippen LogP contribution in [0.15, 0.2) is 18.5 Å². The number of nitrogens with one attached hydrogen (secondary N) is 2. The van der Waals surface area contributed by atoms with Crippen molar-refractivity contribution in [1.82, 2.24) is 24.8 Å². The first-order chi connectivity index (χ1) is 13.1. The largest absolute Gasteiger partial charge is 0.368 e. The van der Waals surface area contributed by atoms with Crippen LogP contribution in [0.5, 0.6) is 0 Å². The zero-order chi connectivity index (χ0) is 19.1. The molecule has 0 aromatic carbocycles. The fourth-order valence-corrected chi connectivity index (χ4v) is 3.68. The van der Waals surface area contributed by atoms with E-state index in [-0.39, 0.29) is 5.91 Å². The van der Waals surface area contributed by atoms with Crippen molar-refractivity contribution >= 4 is 11.7 Å². The first-order valence-corrected chi connectivity index (χ1v) is 9.98. The van der Waals surface area contributed by atoms with E-state index in [4.69, 9.17) is 0 Å². The van der Waals surface area contributed by atoms with Crippen LogP contribution in [0.1, 0.15) is 56.6 Å². The molecule has 0 spiro atoms. The van der Waals surface area contributed by atoms with Crippen molar-refractivity contribution in [2.45, 2.75) is 58.8 Å². The molecule has 7 heteroatoms. The number of carbonyl (C=O) groups is 1. The lowest BCUT2D eigenvalue weighted by Crippen LogP contribution is -2.29. The van der Waals surface area contributed by atoms with E-state index < -0.39 is 0 Å². The molecule has 2 N–H and O–H groups in total. The van der Waals surface area contributed by atoms with Crippen molar-refractivity contribution in [2.24, 2.45) is 5.92 Å². The van der Waals surface area contributed by atoms with Gasteiger partial charge >= 0.3 is 0 Å². The smallest absolute Gasteiger partial charge is 0.220 e. The van der Waals surface area contributed by atoms with Gasteiger partial charge in [0.05, 0.1) is 0 Å². The van der Waals surface area contributed by atoms with Crippen LogP contribution in [-0.2, 0) is 4.79 Å². The summed E-state index contributed by atoms with van der Waals surface area (Å²) in [5, 5.41) is 6.27. The Hall–Kier alpha value is -2.44. The predicted molar refractivity (Wildman–Crippen MR) is 106 cm³/mol. The number of imidazole rings is 1. The van der Waals surface area contributed by atoms with Crippen molar-refractivity contribution in [3.05, 3.63) is 30.1 Å². The standard InChI is InChI=1S/C20H30N6O/c1-15-24-18(14-19(25-15)26-13-12-21-16(26)2)22-10-11-23-20(27)9-8-17-6-4-3-5-7-17/h12-14,17H,3-11H2,1-2H3,(H,23,27)(H,22,24,25). The van der Waals surface area contributed by atoms with Gasteiger partial charge in [-0.2, -0.15) is 0 Å². The van der Waals surface area contributed by atoms with E-state index >= 15 is 0 Å². The number of rotatable bonds is 8. The molecule has 7 nitrogen and oxygen atoms in total. The molecule has 2 aromatic heterocycles. The molecule has 146 valence electrons. The molecule has 27 heavy (non-hydrogen) atoms. The van der Waals surface area contributed by atoms with E-state index in [0.717, 1.165) is 29.8 Å². The minimum absolute atomic E-state index is 0.149. The molecule has 0 bridgehead atoms. The third-order valence-corrected chi connectivity index (χ3v) is 5.15. The molecule has 1 aliphatic rings. The molecular weight excluding hydrogens is 340 g/mol. The molecule has 2 heterocycles. The Bertz CT molecular complexity index is 751. The Morgan fingerprint density at radius 1 is 1.19 bits per heavy atom. The van der Waals surface area contributed by atoms with Gasteiger partial charge in [-0.15, -0.1) is 0 Å². The average molecular weight is 371 g/mol. The zero-order valence-electron chi connectivity index (χ0n) is 16.4. The summed E-state index contributed by atoms with van der Waals surface area (Å²) in [5.74, 6) is 4.01. The van der Waals surface area contributed by atoms with Gasteiger partial charge in [0.15, 0.2) is 0 Å². The topological polar surface area (TPSA) is 84.7 Å². The van der Waals surface area contributed by atoms with E-state index in [1.807, 2.05) is 30.7 Å². The first-order valence-electron chi connectivity index (χ1n) is 9.98. The third kappa shape index (κ3) is 5.77. The van der Waals surface area contributed by atoms with Crippen molar-refractivity contribution in [2.75, 3.05) is 18.4 Å². The number of aryl methyl sites for hydroxylation is 2. The number of hydrogen-bond donors (Lipinski definition) is 2. The van der Waals surface area contributed by atoms with E-state index in [2.05, 4.69) is 25.6 Å². The summed E-state index contributed by atoms with van der Waals surface area (Å²) >= 11 is 0. The minimum atomic E-state index is 0.149. The van der Waals surface area contributed by atoms with Crippen LogP contribution >= 0.6 is 0 Å². The van der Waals surface area contributed by atoms with Crippen LogP contribution in [0.25, 0.3) is 5.82 Å². The van der Waals surface area contributed by atoms with Crippen LogP contribution in [0.4, 0.5) is 5.82 Å². The van der Waals surface area contributed by atoms with Gasteiger partial charge in [-0.05, 0) is 26.2 Å². The Labute approximate surface area is 161 Å². The molecule has 0 radical (unpaired) electrons. The molecular formula is C20H30N6O. The van der Waals surface area contributed by atoms with Gasteiger partial charge in [0.1, 0.15) is 23.3 Å². The minimum Gasteiger partial charge on any atom is -0.368 e. The maximum absolute atomic E-state index is 12.0. The van der Waals surface area contributed by atoms with Gasteiger partial charge in [-0.3, -0.25) is 9.36 Å². The van der Waals surface area contributed by atoms with Crippen LogP contribution in [0.3, 0.4) is 0 Å². The normalized spacial score (nSPS) is 14.9. The molecule has 2 aromatic rings. The highest BCUT2D eigenvalue weighted by Crippen LogP contribution is 2.27. The highest BCUT2D eigenvalue weighted by atomic mass is 16.1. The van der Waals surface area contributed by atoms with Crippen molar-refractivity contribution in [3.8, 4) is 5.82 Å². The second-order valence-electron chi connectivity index (χ2n) is 7.32. The highest BCUT2D eigenvalue weighted by Gasteiger charge is 2.14. The van der Waals surface area contributed by atoms with E-state index in [9.17, 15) is 4.79 Å². The molecule has 1 fully saturated rings. The molecule has 0 unspecified atom stereocenters. The van der Waals surface area contributed by atoms with E-state index in [1.54, 1.807) is 6.20 Å². The molecule has 3 rings (SSSR count). The van der Waals surface area contributed by atoms with Crippen LogP contribution in [-0.4, -0.2) is 38.5 Å². The lowest BCUT2D eigenvalue weighted by molar-refractivity contribution is -0.121. The van der Waals surface area contributed by atoms with Gasteiger partial charge in [-0.25, -0.2) is 15.0 Å². The van der Waals surface area contributed by atoms with E-state index in [1.165, 1.54) is 32.1 Å². The summed E-state index contributed by atoms with van der Waals surface area (Å²) in [6.45, 7) is 5.03. The first kappa shape index (κ1) is 19.3. The lowest BCUT2D eigenvalue weighted by Gasteiger charge is -2.21. The lowest BCUT2D eigenvalue weighted by atomic mass is 9.86. The molecule has 0 aliphatic heterocycles. The summed E-state index contributed by atoms with van der Waals surface area (Å²) in [7, 11) is 0. The number of carbonyl (C=O) groups excluding carboxylic acids is 1. The third-order valence-electron chi connectivity index (χ3n) is 5.15. The van der Waals surface area contributed by atoms with Gasteiger partial charge in [0.25, 0.3) is 0 Å². The molecule has 1 amide bonds. The Kier molecular flexibility index (Phi) is 6.79. The van der Waals surface area contributed by atoms with Gasteiger partial charge < -0.3 is 10.6 Å². The summed E-state index contributed by atoms with van der Waals surface area (Å²) in [6.07, 6.45) is 11.9. The van der Waals surface area contributed by atoms with Gasteiger partial charge in [0.2, 0.25) is 5.91 Å². The maximum Gasteiger partial charge on any atom is 0.220 e.